The Balaban J connectivity index is 5.34. The summed E-state index contributed by atoms with van der Waals surface area (Å²) in [6.45, 7) is 42.2. The van der Waals surface area contributed by atoms with Crippen LogP contribution < -0.4 is 0 Å². The molecule has 0 rings (SSSR count). The minimum absolute atomic E-state index is 0.118. The van der Waals surface area contributed by atoms with Crippen LogP contribution in [0.15, 0.2) is 47.6 Å². The van der Waals surface area contributed by atoms with Crippen molar-refractivity contribution in [2.75, 3.05) is 13.4 Å². The SMILES string of the molecule is C=C(/C=C(\C)[C@@H](CC)O[Si](C)(C)C(C)(C)C)C[C@H](C)/C=C(\C)CC(=C)C(CC(=O)OC(C)(C)C)OCOCC[Si](C)(C)C. The molecule has 0 saturated heterocycles. The summed E-state index contributed by atoms with van der Waals surface area (Å²) in [5.41, 5.74) is 3.84. The minimum Gasteiger partial charge on any atom is -0.460 e. The van der Waals surface area contributed by atoms with Crippen LogP contribution in [0, 0.1) is 5.92 Å². The number of carbonyl (C=O) groups excluding carboxylic acids is 1. The Morgan fingerprint density at radius 2 is 1.51 bits per heavy atom. The zero-order chi connectivity index (χ0) is 33.8. The van der Waals surface area contributed by atoms with Crippen molar-refractivity contribution in [2.45, 2.75) is 157 Å². The molecule has 0 bridgehead atoms. The maximum atomic E-state index is 12.6. The fourth-order valence-electron chi connectivity index (χ4n) is 4.42. The summed E-state index contributed by atoms with van der Waals surface area (Å²) in [7, 11) is -3.05. The highest BCUT2D eigenvalue weighted by atomic mass is 28.4. The van der Waals surface area contributed by atoms with E-state index in [9.17, 15) is 4.79 Å². The molecule has 0 amide bonds. The van der Waals surface area contributed by atoms with Crippen molar-refractivity contribution in [3.63, 3.8) is 0 Å². The van der Waals surface area contributed by atoms with Gasteiger partial charge in [0.25, 0.3) is 0 Å². The van der Waals surface area contributed by atoms with Crippen molar-refractivity contribution in [3.8, 4) is 0 Å². The average molecular weight is 637 g/mol. The number of hydrogen-bond acceptors (Lipinski definition) is 5. The van der Waals surface area contributed by atoms with Crippen molar-refractivity contribution in [1.29, 1.82) is 0 Å². The van der Waals surface area contributed by atoms with Crippen molar-refractivity contribution in [2.24, 2.45) is 5.92 Å². The first kappa shape index (κ1) is 41.7. The first-order chi connectivity index (χ1) is 19.4. The molecule has 0 saturated carbocycles. The molecule has 5 nitrogen and oxygen atoms in total. The Kier molecular flexibility index (Phi) is 17.5. The summed E-state index contributed by atoms with van der Waals surface area (Å²) < 4.78 is 24.1. The Labute approximate surface area is 268 Å². The molecule has 0 aliphatic heterocycles. The molecule has 0 aromatic heterocycles. The number of carbonyl (C=O) groups is 1. The molecule has 0 aromatic carbocycles. The standard InChI is InChI=1S/C36H68O5Si2/c1-18-32(41-43(16,17)36(10,11)12)30(5)23-28(3)21-27(2)22-29(4)24-31(6)33(25-34(37)40-35(7,8)9)39-26-38-19-20-42(13,14)15/h22-23,27,32-33H,3,6,18-21,24-26H2,1-2,4-5,7-17H3/b29-22+,30-23+/t27-,32+,33?/m0/s1. The Morgan fingerprint density at radius 3 is 2.00 bits per heavy atom. The van der Waals surface area contributed by atoms with E-state index in [2.05, 4.69) is 107 Å². The molecule has 0 aromatic rings. The van der Waals surface area contributed by atoms with Crippen LogP contribution in [-0.4, -0.2) is 53.6 Å². The molecule has 0 radical (unpaired) electrons. The molecule has 0 aliphatic carbocycles. The van der Waals surface area contributed by atoms with Gasteiger partial charge in [-0.3, -0.25) is 4.79 Å². The fraction of sp³-hybridized carbons (Fsp3) is 0.750. The highest BCUT2D eigenvalue weighted by molar-refractivity contribution is 6.76. The van der Waals surface area contributed by atoms with E-state index in [1.54, 1.807) is 0 Å². The Bertz CT molecular complexity index is 958. The van der Waals surface area contributed by atoms with Crippen LogP contribution in [0.1, 0.15) is 94.9 Å². The molecule has 0 heterocycles. The highest BCUT2D eigenvalue weighted by Crippen LogP contribution is 2.38. The average Bonchev–Trinajstić information content (AvgIpc) is 2.78. The van der Waals surface area contributed by atoms with Gasteiger partial charge in [-0.05, 0) is 95.1 Å². The predicted molar refractivity (Wildman–Crippen MR) is 191 cm³/mol. The lowest BCUT2D eigenvalue weighted by atomic mass is 9.94. The predicted octanol–water partition coefficient (Wildman–Crippen LogP) is 10.6. The molecule has 3 atom stereocenters. The molecule has 0 spiro atoms. The quantitative estimate of drug-likeness (QED) is 0.0353. The molecule has 0 fully saturated rings. The first-order valence-corrected chi connectivity index (χ1v) is 22.8. The lowest BCUT2D eigenvalue weighted by Gasteiger charge is -2.39. The van der Waals surface area contributed by atoms with Crippen LogP contribution in [0.2, 0.25) is 43.8 Å². The van der Waals surface area contributed by atoms with Gasteiger partial charge >= 0.3 is 5.97 Å². The lowest BCUT2D eigenvalue weighted by Crippen LogP contribution is -2.44. The highest BCUT2D eigenvalue weighted by Gasteiger charge is 2.39. The number of esters is 1. The van der Waals surface area contributed by atoms with Crippen LogP contribution in [0.25, 0.3) is 0 Å². The van der Waals surface area contributed by atoms with Gasteiger partial charge in [0, 0.05) is 14.7 Å². The van der Waals surface area contributed by atoms with E-state index in [1.165, 1.54) is 11.1 Å². The molecule has 250 valence electrons. The van der Waals surface area contributed by atoms with Crippen molar-refractivity contribution in [1.82, 2.24) is 0 Å². The first-order valence-electron chi connectivity index (χ1n) is 16.2. The van der Waals surface area contributed by atoms with E-state index in [1.807, 2.05) is 20.8 Å². The van der Waals surface area contributed by atoms with Gasteiger partial charge < -0.3 is 18.6 Å². The third kappa shape index (κ3) is 19.0. The van der Waals surface area contributed by atoms with Crippen LogP contribution in [0.3, 0.4) is 0 Å². The summed E-state index contributed by atoms with van der Waals surface area (Å²) in [6.07, 6.45) is 6.72. The summed E-state index contributed by atoms with van der Waals surface area (Å²) in [6, 6.07) is 1.07. The molecule has 43 heavy (non-hydrogen) atoms. The van der Waals surface area contributed by atoms with Crippen molar-refractivity contribution >= 4 is 22.4 Å². The number of ether oxygens (including phenoxy) is 3. The number of allylic oxidation sites excluding steroid dienone is 4. The summed E-state index contributed by atoms with van der Waals surface area (Å²) in [5, 5.41) is 0.177. The van der Waals surface area contributed by atoms with Crippen LogP contribution in [-0.2, 0) is 23.4 Å². The third-order valence-corrected chi connectivity index (χ3v) is 14.0. The summed E-state index contributed by atoms with van der Waals surface area (Å²) in [5.74, 6) is 0.0120. The molecular weight excluding hydrogens is 569 g/mol. The zero-order valence-corrected chi connectivity index (χ0v) is 32.8. The normalized spacial score (nSPS) is 16.1. The zero-order valence-electron chi connectivity index (χ0n) is 30.8. The fourth-order valence-corrected chi connectivity index (χ4v) is 6.59. The lowest BCUT2D eigenvalue weighted by molar-refractivity contribution is -0.159. The maximum absolute atomic E-state index is 12.6. The van der Waals surface area contributed by atoms with Gasteiger partial charge in [-0.25, -0.2) is 0 Å². The molecular formula is C36H68O5Si2. The summed E-state index contributed by atoms with van der Waals surface area (Å²) in [4.78, 5) is 12.6. The van der Waals surface area contributed by atoms with Crippen LogP contribution in [0.5, 0.6) is 0 Å². The van der Waals surface area contributed by atoms with E-state index < -0.39 is 28.1 Å². The van der Waals surface area contributed by atoms with Crippen LogP contribution in [0.4, 0.5) is 0 Å². The van der Waals surface area contributed by atoms with Gasteiger partial charge in [0.2, 0.25) is 0 Å². The van der Waals surface area contributed by atoms with Crippen LogP contribution >= 0.6 is 0 Å². The van der Waals surface area contributed by atoms with Crippen molar-refractivity contribution in [3.05, 3.63) is 47.6 Å². The van der Waals surface area contributed by atoms with Crippen molar-refractivity contribution < 1.29 is 23.4 Å². The van der Waals surface area contributed by atoms with E-state index in [0.29, 0.717) is 18.9 Å². The molecule has 1 unspecified atom stereocenters. The minimum atomic E-state index is -1.86. The van der Waals surface area contributed by atoms with E-state index in [-0.39, 0.29) is 30.3 Å². The van der Waals surface area contributed by atoms with Gasteiger partial charge in [-0.2, -0.15) is 0 Å². The monoisotopic (exact) mass is 636 g/mol. The van der Waals surface area contributed by atoms with E-state index >= 15 is 0 Å². The molecule has 0 aliphatic rings. The Hall–Kier alpha value is -1.26. The maximum Gasteiger partial charge on any atom is 0.309 e. The van der Waals surface area contributed by atoms with Gasteiger partial charge in [0.05, 0.1) is 18.6 Å². The van der Waals surface area contributed by atoms with Gasteiger partial charge in [0.15, 0.2) is 8.32 Å². The van der Waals surface area contributed by atoms with Gasteiger partial charge in [0.1, 0.15) is 12.4 Å². The smallest absolute Gasteiger partial charge is 0.309 e. The van der Waals surface area contributed by atoms with Gasteiger partial charge in [-0.1, -0.05) is 90.7 Å². The molecule has 0 N–H and O–H groups in total. The van der Waals surface area contributed by atoms with E-state index in [0.717, 1.165) is 30.0 Å². The Morgan fingerprint density at radius 1 is 0.930 bits per heavy atom. The second-order valence-corrected chi connectivity index (χ2v) is 26.5. The number of rotatable bonds is 19. The third-order valence-electron chi connectivity index (χ3n) is 7.79. The second-order valence-electron chi connectivity index (χ2n) is 16.1. The second kappa shape index (κ2) is 18.0. The molecule has 7 heteroatoms. The van der Waals surface area contributed by atoms with E-state index in [4.69, 9.17) is 18.6 Å². The topological polar surface area (TPSA) is 54.0 Å². The largest absolute Gasteiger partial charge is 0.460 e. The number of hydrogen-bond donors (Lipinski definition) is 0. The van der Waals surface area contributed by atoms with Gasteiger partial charge in [-0.15, -0.1) is 0 Å². The summed E-state index contributed by atoms with van der Waals surface area (Å²) >= 11 is 0.